The maximum atomic E-state index is 10.2. The van der Waals surface area contributed by atoms with Crippen molar-refractivity contribution in [3.63, 3.8) is 0 Å². The Hall–Kier alpha value is -0.480. The van der Waals surface area contributed by atoms with Crippen molar-refractivity contribution in [1.29, 1.82) is 0 Å². The van der Waals surface area contributed by atoms with Crippen molar-refractivity contribution in [3.8, 4) is 0 Å². The molecule has 0 rings (SSSR count). The third-order valence-corrected chi connectivity index (χ3v) is 2.08. The second kappa shape index (κ2) is 8.80. The van der Waals surface area contributed by atoms with Gasteiger partial charge in [0, 0.05) is 0 Å². The van der Waals surface area contributed by atoms with Gasteiger partial charge in [0.1, 0.15) is 6.79 Å². The zero-order valence-electron chi connectivity index (χ0n) is 6.78. The first-order valence-corrected chi connectivity index (χ1v) is 4.45. The van der Waals surface area contributed by atoms with Crippen molar-refractivity contribution in [2.24, 2.45) is 0 Å². The summed E-state index contributed by atoms with van der Waals surface area (Å²) in [5.74, 6) is -3.50. The van der Waals surface area contributed by atoms with Gasteiger partial charge in [0.15, 0.2) is 5.25 Å². The summed E-state index contributed by atoms with van der Waals surface area (Å²) in [5, 5.41) is 13.9. The molecule has 0 aromatic carbocycles. The summed E-state index contributed by atoms with van der Waals surface area (Å²) in [7, 11) is -4.84. The Morgan fingerprint density at radius 2 is 1.53 bits per heavy atom. The zero-order valence-corrected chi connectivity index (χ0v) is 7.60. The molecular weight excluding hydrogens is 243 g/mol. The molecule has 0 heterocycles. The third-order valence-electron chi connectivity index (χ3n) is 0.995. The van der Waals surface area contributed by atoms with Crippen molar-refractivity contribution in [2.45, 2.75) is 11.7 Å². The summed E-state index contributed by atoms with van der Waals surface area (Å²) in [5.41, 5.74) is 0. The van der Waals surface area contributed by atoms with Gasteiger partial charge in [-0.25, -0.2) is 0 Å². The quantitative estimate of drug-likeness (QED) is 0.383. The minimum atomic E-state index is -4.84. The summed E-state index contributed by atoms with van der Waals surface area (Å²) in [4.78, 5) is 28.0. The molecule has 15 heavy (non-hydrogen) atoms. The average Bonchev–Trinajstić information content (AvgIpc) is 2.01. The fourth-order valence-electron chi connectivity index (χ4n) is 0.479. The van der Waals surface area contributed by atoms with Gasteiger partial charge in [0.2, 0.25) is 0 Å². The van der Waals surface area contributed by atoms with Crippen molar-refractivity contribution in [2.75, 3.05) is 0 Å². The molecule has 1 unspecified atom stereocenters. The van der Waals surface area contributed by atoms with Crippen LogP contribution in [0.25, 0.3) is 0 Å². The molecule has 10 heteroatoms. The number of rotatable bonds is 4. The fourth-order valence-corrected chi connectivity index (χ4v) is 1.09. The predicted octanol–water partition coefficient (Wildman–Crippen LogP) is -2.03. The Bertz CT molecular complexity index is 309. The molecule has 1 atom stereocenters. The SMILES string of the molecule is C=O.O=C(O)CC(C(=O)O)S(=O)(=O)O.[NaH]. The van der Waals surface area contributed by atoms with Crippen LogP contribution in [0.5, 0.6) is 0 Å². The molecular formula is C5H9NaO8S. The van der Waals surface area contributed by atoms with Gasteiger partial charge in [-0.1, -0.05) is 0 Å². The summed E-state index contributed by atoms with van der Waals surface area (Å²) in [6, 6.07) is 0. The molecule has 84 valence electrons. The number of carboxylic acid groups (broad SMARTS) is 2. The van der Waals surface area contributed by atoms with Crippen LogP contribution in [0, 0.1) is 0 Å². The van der Waals surface area contributed by atoms with Gasteiger partial charge in [-0.2, -0.15) is 8.42 Å². The monoisotopic (exact) mass is 252 g/mol. The molecule has 0 saturated heterocycles. The normalized spacial score (nSPS) is 11.3. The number of carboxylic acids is 2. The molecule has 0 amide bonds. The number of hydrogen-bond acceptors (Lipinski definition) is 5. The topological polar surface area (TPSA) is 146 Å². The Morgan fingerprint density at radius 3 is 1.60 bits per heavy atom. The van der Waals surface area contributed by atoms with Crippen LogP contribution in [0.3, 0.4) is 0 Å². The van der Waals surface area contributed by atoms with E-state index in [4.69, 9.17) is 19.6 Å². The molecule has 0 aliphatic carbocycles. The Balaban J connectivity index is -0.000000449. The molecule has 0 aromatic heterocycles. The Labute approximate surface area is 107 Å². The standard InChI is InChI=1S/C4H6O7S.CH2O.Na.H/c5-3(6)1-2(4(7)8)12(9,10)11;1-2;;/h2H,1H2,(H,5,6)(H,7,8)(H,9,10,11);1H2;;. The second-order valence-corrected chi connectivity index (χ2v) is 3.54. The molecule has 0 aliphatic heterocycles. The molecule has 3 N–H and O–H groups in total. The Kier molecular flexibility index (Phi) is 11.7. The van der Waals surface area contributed by atoms with Crippen molar-refractivity contribution in [3.05, 3.63) is 0 Å². The predicted molar refractivity (Wildman–Crippen MR) is 49.5 cm³/mol. The fraction of sp³-hybridized carbons (Fsp3) is 0.400. The van der Waals surface area contributed by atoms with Crippen LogP contribution in [0.1, 0.15) is 6.42 Å². The number of aliphatic carboxylic acids is 2. The Morgan fingerprint density at radius 1 is 1.20 bits per heavy atom. The average molecular weight is 252 g/mol. The minimum absolute atomic E-state index is 0. The van der Waals surface area contributed by atoms with Crippen LogP contribution in [0.4, 0.5) is 0 Å². The van der Waals surface area contributed by atoms with Gasteiger partial charge in [-0.05, 0) is 0 Å². The van der Waals surface area contributed by atoms with Crippen LogP contribution in [-0.4, -0.2) is 76.7 Å². The van der Waals surface area contributed by atoms with Gasteiger partial charge in [0.25, 0.3) is 10.1 Å². The summed E-state index contributed by atoms with van der Waals surface area (Å²) in [6.07, 6.45) is -1.16. The van der Waals surface area contributed by atoms with E-state index in [1.807, 2.05) is 6.79 Å². The summed E-state index contributed by atoms with van der Waals surface area (Å²) in [6.45, 7) is 2.00. The van der Waals surface area contributed by atoms with E-state index in [0.717, 1.165) is 0 Å². The third kappa shape index (κ3) is 9.82. The van der Waals surface area contributed by atoms with Crippen LogP contribution < -0.4 is 0 Å². The van der Waals surface area contributed by atoms with E-state index >= 15 is 0 Å². The van der Waals surface area contributed by atoms with E-state index in [2.05, 4.69) is 0 Å². The zero-order chi connectivity index (χ0) is 11.9. The van der Waals surface area contributed by atoms with Crippen LogP contribution in [-0.2, 0) is 24.5 Å². The van der Waals surface area contributed by atoms with E-state index in [1.165, 1.54) is 0 Å². The second-order valence-electron chi connectivity index (χ2n) is 1.94. The van der Waals surface area contributed by atoms with Gasteiger partial charge in [-0.15, -0.1) is 0 Å². The van der Waals surface area contributed by atoms with E-state index in [1.54, 1.807) is 0 Å². The van der Waals surface area contributed by atoms with Gasteiger partial charge in [0.05, 0.1) is 6.42 Å². The summed E-state index contributed by atoms with van der Waals surface area (Å²) < 4.78 is 28.7. The van der Waals surface area contributed by atoms with E-state index < -0.39 is 33.7 Å². The van der Waals surface area contributed by atoms with Gasteiger partial charge >= 0.3 is 41.5 Å². The molecule has 0 aliphatic rings. The molecule has 0 saturated carbocycles. The van der Waals surface area contributed by atoms with Crippen LogP contribution in [0.15, 0.2) is 0 Å². The maximum absolute atomic E-state index is 10.2. The first-order valence-electron chi connectivity index (χ1n) is 2.95. The first kappa shape index (κ1) is 20.0. The summed E-state index contributed by atoms with van der Waals surface area (Å²) >= 11 is 0. The molecule has 0 aromatic rings. The number of carbonyl (C=O) groups is 3. The molecule has 0 spiro atoms. The molecule has 0 radical (unpaired) electrons. The van der Waals surface area contributed by atoms with E-state index in [-0.39, 0.29) is 29.6 Å². The van der Waals surface area contributed by atoms with Crippen molar-refractivity contribution in [1.82, 2.24) is 0 Å². The van der Waals surface area contributed by atoms with Gasteiger partial charge < -0.3 is 15.0 Å². The van der Waals surface area contributed by atoms with E-state index in [9.17, 15) is 18.0 Å². The van der Waals surface area contributed by atoms with Crippen molar-refractivity contribution >= 4 is 58.4 Å². The van der Waals surface area contributed by atoms with Crippen LogP contribution >= 0.6 is 0 Å². The molecule has 0 bridgehead atoms. The van der Waals surface area contributed by atoms with Gasteiger partial charge in [-0.3, -0.25) is 14.1 Å². The number of carbonyl (C=O) groups excluding carboxylic acids is 1. The van der Waals surface area contributed by atoms with Crippen molar-refractivity contribution < 1.29 is 37.6 Å². The van der Waals surface area contributed by atoms with Crippen LogP contribution in [0.2, 0.25) is 0 Å². The number of hydrogen-bond donors (Lipinski definition) is 3. The molecule has 0 fully saturated rings. The first-order chi connectivity index (χ1) is 6.25. The molecule has 8 nitrogen and oxygen atoms in total. The van der Waals surface area contributed by atoms with E-state index in [0.29, 0.717) is 0 Å².